The minimum atomic E-state index is -3.75. The van der Waals surface area contributed by atoms with E-state index in [2.05, 4.69) is 0 Å². The SMILES string of the molecule is CC(C)(C)C(=O)N(c1ccc(F)cc1)S(C)(=O)=O. The van der Waals surface area contributed by atoms with Crippen molar-refractivity contribution in [2.24, 2.45) is 5.41 Å². The van der Waals surface area contributed by atoms with Crippen molar-refractivity contribution < 1.29 is 17.6 Å². The van der Waals surface area contributed by atoms with E-state index in [-0.39, 0.29) is 5.69 Å². The molecule has 0 aliphatic heterocycles. The van der Waals surface area contributed by atoms with Crippen LogP contribution in [0.25, 0.3) is 0 Å². The molecule has 0 radical (unpaired) electrons. The Morgan fingerprint density at radius 2 is 1.61 bits per heavy atom. The fourth-order valence-corrected chi connectivity index (χ4v) is 2.42. The molecule has 0 saturated carbocycles. The third-order valence-electron chi connectivity index (χ3n) is 2.22. The Morgan fingerprint density at radius 1 is 1.17 bits per heavy atom. The summed E-state index contributed by atoms with van der Waals surface area (Å²) < 4.78 is 37.0. The normalized spacial score (nSPS) is 12.3. The van der Waals surface area contributed by atoms with Gasteiger partial charge in [0.25, 0.3) is 0 Å². The lowest BCUT2D eigenvalue weighted by atomic mass is 9.95. The third kappa shape index (κ3) is 3.29. The van der Waals surface area contributed by atoms with E-state index in [0.717, 1.165) is 18.4 Å². The number of benzene rings is 1. The van der Waals surface area contributed by atoms with Crippen LogP contribution in [0.15, 0.2) is 24.3 Å². The number of carbonyl (C=O) groups is 1. The van der Waals surface area contributed by atoms with Crippen LogP contribution >= 0.6 is 0 Å². The van der Waals surface area contributed by atoms with Gasteiger partial charge >= 0.3 is 0 Å². The Morgan fingerprint density at radius 3 is 1.94 bits per heavy atom. The Kier molecular flexibility index (Phi) is 3.81. The summed E-state index contributed by atoms with van der Waals surface area (Å²) in [5.41, 5.74) is -0.712. The van der Waals surface area contributed by atoms with Crippen LogP contribution < -0.4 is 4.31 Å². The van der Waals surface area contributed by atoms with Crippen molar-refractivity contribution in [3.05, 3.63) is 30.1 Å². The molecule has 0 bridgehead atoms. The molecule has 4 nitrogen and oxygen atoms in total. The van der Waals surface area contributed by atoms with Gasteiger partial charge in [-0.25, -0.2) is 17.1 Å². The lowest BCUT2D eigenvalue weighted by molar-refractivity contribution is -0.124. The monoisotopic (exact) mass is 273 g/mol. The second-order valence-corrected chi connectivity index (χ2v) is 6.89. The zero-order valence-electron chi connectivity index (χ0n) is 10.8. The van der Waals surface area contributed by atoms with Crippen LogP contribution in [-0.2, 0) is 14.8 Å². The van der Waals surface area contributed by atoms with Crippen molar-refractivity contribution in [1.82, 2.24) is 0 Å². The first-order chi connectivity index (χ1) is 8.03. The first-order valence-corrected chi connectivity index (χ1v) is 7.18. The highest BCUT2D eigenvalue weighted by atomic mass is 32.2. The number of anilines is 1. The molecule has 18 heavy (non-hydrogen) atoms. The third-order valence-corrected chi connectivity index (χ3v) is 3.26. The predicted molar refractivity (Wildman–Crippen MR) is 68.2 cm³/mol. The first kappa shape index (κ1) is 14.6. The number of nitrogens with zero attached hydrogens (tertiary/aromatic N) is 1. The molecular weight excluding hydrogens is 257 g/mol. The largest absolute Gasteiger partial charge is 0.273 e. The number of carbonyl (C=O) groups excluding carboxylic acids is 1. The number of hydrogen-bond donors (Lipinski definition) is 0. The summed E-state index contributed by atoms with van der Waals surface area (Å²) in [6, 6.07) is 4.76. The number of halogens is 1. The minimum absolute atomic E-state index is 0.138. The number of hydrogen-bond acceptors (Lipinski definition) is 3. The highest BCUT2D eigenvalue weighted by Crippen LogP contribution is 2.25. The molecule has 0 fully saturated rings. The maximum atomic E-state index is 12.8. The van der Waals surface area contributed by atoms with Crippen LogP contribution in [0.5, 0.6) is 0 Å². The van der Waals surface area contributed by atoms with Crippen LogP contribution in [0.4, 0.5) is 10.1 Å². The van der Waals surface area contributed by atoms with Crippen LogP contribution in [0.3, 0.4) is 0 Å². The molecule has 1 rings (SSSR count). The molecule has 0 aromatic heterocycles. The van der Waals surface area contributed by atoms with E-state index in [0.29, 0.717) is 4.31 Å². The maximum Gasteiger partial charge on any atom is 0.246 e. The van der Waals surface area contributed by atoms with Gasteiger partial charge in [0.15, 0.2) is 0 Å². The Labute approximate surface area is 106 Å². The van der Waals surface area contributed by atoms with Gasteiger partial charge in [0.05, 0.1) is 11.9 Å². The average molecular weight is 273 g/mol. The Bertz CT molecular complexity index is 544. The number of amides is 1. The van der Waals surface area contributed by atoms with E-state index in [9.17, 15) is 17.6 Å². The van der Waals surface area contributed by atoms with Crippen molar-refractivity contribution >= 4 is 21.6 Å². The van der Waals surface area contributed by atoms with Crippen LogP contribution in [0.2, 0.25) is 0 Å². The molecular formula is C12H16FNO3S. The Hall–Kier alpha value is -1.43. The topological polar surface area (TPSA) is 54.5 Å². The molecule has 0 aliphatic carbocycles. The van der Waals surface area contributed by atoms with Crippen LogP contribution in [0.1, 0.15) is 20.8 Å². The average Bonchev–Trinajstić information content (AvgIpc) is 2.17. The summed E-state index contributed by atoms with van der Waals surface area (Å²) in [5, 5.41) is 0. The summed E-state index contributed by atoms with van der Waals surface area (Å²) in [6.45, 7) is 4.87. The van der Waals surface area contributed by atoms with E-state index in [1.807, 2.05) is 0 Å². The molecule has 0 heterocycles. The molecule has 1 amide bonds. The van der Waals surface area contributed by atoms with Gasteiger partial charge in [0, 0.05) is 5.41 Å². The molecule has 100 valence electrons. The second-order valence-electron chi connectivity index (χ2n) is 5.06. The predicted octanol–water partition coefficient (Wildman–Crippen LogP) is 2.16. The van der Waals surface area contributed by atoms with Crippen molar-refractivity contribution in [2.75, 3.05) is 10.6 Å². The van der Waals surface area contributed by atoms with Crippen LogP contribution in [-0.4, -0.2) is 20.6 Å². The lowest BCUT2D eigenvalue weighted by Crippen LogP contribution is -2.43. The Balaban J connectivity index is 3.33. The maximum absolute atomic E-state index is 12.8. The van der Waals surface area contributed by atoms with Gasteiger partial charge in [-0.1, -0.05) is 20.8 Å². The highest BCUT2D eigenvalue weighted by Gasteiger charge is 2.33. The smallest absolute Gasteiger partial charge is 0.246 e. The molecule has 1 aromatic carbocycles. The standard InChI is InChI=1S/C12H16FNO3S/c1-12(2,3)11(15)14(18(4,16)17)10-7-5-9(13)6-8-10/h5-8H,1-4H3. The second kappa shape index (κ2) is 4.68. The van der Waals surface area contributed by atoms with Crippen molar-refractivity contribution in [2.45, 2.75) is 20.8 Å². The molecule has 0 saturated heterocycles. The van der Waals surface area contributed by atoms with Gasteiger partial charge in [-0.05, 0) is 24.3 Å². The molecule has 1 aromatic rings. The molecule has 0 unspecified atom stereocenters. The van der Waals surface area contributed by atoms with Gasteiger partial charge in [-0.3, -0.25) is 4.79 Å². The van der Waals surface area contributed by atoms with Crippen molar-refractivity contribution in [3.8, 4) is 0 Å². The van der Waals surface area contributed by atoms with Crippen molar-refractivity contribution in [3.63, 3.8) is 0 Å². The fraction of sp³-hybridized carbons (Fsp3) is 0.417. The van der Waals surface area contributed by atoms with Crippen molar-refractivity contribution in [1.29, 1.82) is 0 Å². The lowest BCUT2D eigenvalue weighted by Gasteiger charge is -2.27. The molecule has 0 spiro atoms. The summed E-state index contributed by atoms with van der Waals surface area (Å²) in [6.07, 6.45) is 0.944. The zero-order valence-corrected chi connectivity index (χ0v) is 11.6. The van der Waals surface area contributed by atoms with Gasteiger partial charge in [0.2, 0.25) is 15.9 Å². The van der Waals surface area contributed by atoms with E-state index in [4.69, 9.17) is 0 Å². The molecule has 0 atom stereocenters. The zero-order chi connectivity index (χ0) is 14.1. The summed E-state index contributed by atoms with van der Waals surface area (Å²) >= 11 is 0. The van der Waals surface area contributed by atoms with Gasteiger partial charge in [-0.15, -0.1) is 0 Å². The molecule has 0 N–H and O–H groups in total. The summed E-state index contributed by atoms with van der Waals surface area (Å²) in [5.74, 6) is -1.05. The van der Waals surface area contributed by atoms with E-state index in [1.165, 1.54) is 12.1 Å². The first-order valence-electron chi connectivity index (χ1n) is 5.34. The molecule has 0 aliphatic rings. The fourth-order valence-electron chi connectivity index (χ4n) is 1.34. The van der Waals surface area contributed by atoms with E-state index in [1.54, 1.807) is 20.8 Å². The van der Waals surface area contributed by atoms with E-state index < -0.39 is 27.2 Å². The minimum Gasteiger partial charge on any atom is -0.273 e. The van der Waals surface area contributed by atoms with Gasteiger partial charge in [0.1, 0.15) is 5.82 Å². The number of sulfonamides is 1. The van der Waals surface area contributed by atoms with Gasteiger partial charge in [-0.2, -0.15) is 0 Å². The summed E-state index contributed by atoms with van der Waals surface area (Å²) in [4.78, 5) is 12.1. The van der Waals surface area contributed by atoms with E-state index >= 15 is 0 Å². The molecule has 6 heteroatoms. The van der Waals surface area contributed by atoms with Crippen LogP contribution in [0, 0.1) is 11.2 Å². The summed E-state index contributed by atoms with van der Waals surface area (Å²) in [7, 11) is -3.75. The van der Waals surface area contributed by atoms with Gasteiger partial charge < -0.3 is 0 Å². The highest BCUT2D eigenvalue weighted by molar-refractivity contribution is 7.92. The quantitative estimate of drug-likeness (QED) is 0.829. The number of rotatable bonds is 2.